The van der Waals surface area contributed by atoms with Gasteiger partial charge in [0.15, 0.2) is 0 Å². The number of thiophene rings is 1. The summed E-state index contributed by atoms with van der Waals surface area (Å²) in [6.07, 6.45) is 1.90. The number of carboxylic acid groups (broad SMARTS) is 1. The number of anilines is 2. The van der Waals surface area contributed by atoms with Crippen LogP contribution in [0.15, 0.2) is 66.2 Å². The van der Waals surface area contributed by atoms with Crippen LogP contribution in [-0.4, -0.2) is 15.6 Å². The van der Waals surface area contributed by atoms with Crippen LogP contribution in [0.3, 0.4) is 0 Å². The molecule has 5 rings (SSSR count). The van der Waals surface area contributed by atoms with Crippen LogP contribution in [0.1, 0.15) is 11.1 Å². The summed E-state index contributed by atoms with van der Waals surface area (Å²) in [6, 6.07) is 17.6. The average molecular weight is 477 g/mol. The summed E-state index contributed by atoms with van der Waals surface area (Å²) < 4.78 is 3.28. The lowest BCUT2D eigenvalue weighted by atomic mass is 10.0. The zero-order chi connectivity index (χ0) is 23.1. The van der Waals surface area contributed by atoms with E-state index in [4.69, 9.17) is 23.2 Å². The number of benzene rings is 3. The largest absolute Gasteiger partial charge is 0.481 e. The highest BCUT2D eigenvalue weighted by Crippen LogP contribution is 2.33. The van der Waals surface area contributed by atoms with Crippen molar-refractivity contribution in [2.45, 2.75) is 13.0 Å². The lowest BCUT2D eigenvalue weighted by molar-refractivity contribution is -0.136. The van der Waals surface area contributed by atoms with Crippen LogP contribution in [0.5, 0.6) is 0 Å². The van der Waals surface area contributed by atoms with Crippen LogP contribution in [0, 0.1) is 0 Å². The van der Waals surface area contributed by atoms with Gasteiger partial charge in [-0.1, -0.05) is 29.8 Å². The second kappa shape index (κ2) is 8.44. The van der Waals surface area contributed by atoms with Crippen molar-refractivity contribution in [1.29, 1.82) is 0 Å². The lowest BCUT2D eigenvalue weighted by Crippen LogP contribution is -2.09. The van der Waals surface area contributed by atoms with Gasteiger partial charge in [0.2, 0.25) is 0 Å². The number of carboxylic acids is 1. The topological polar surface area (TPSA) is 106 Å². The first kappa shape index (κ1) is 21.3. The Hall–Kier alpha value is -3.52. The molecule has 0 bridgehead atoms. The van der Waals surface area contributed by atoms with E-state index in [1.54, 1.807) is 11.3 Å². The summed E-state index contributed by atoms with van der Waals surface area (Å²) in [5.74, 6) is 4.74. The number of nitrogen functional groups attached to an aromatic ring is 2. The highest BCUT2D eigenvalue weighted by atomic mass is 35.5. The third-order valence-corrected chi connectivity index (χ3v) is 7.05. The highest BCUT2D eigenvalue weighted by molar-refractivity contribution is 7.17. The molecule has 0 fully saturated rings. The van der Waals surface area contributed by atoms with E-state index in [-0.39, 0.29) is 6.42 Å². The van der Waals surface area contributed by atoms with Crippen molar-refractivity contribution < 1.29 is 9.90 Å². The van der Waals surface area contributed by atoms with Crippen molar-refractivity contribution in [3.05, 3.63) is 82.3 Å². The molecular weight excluding hydrogens is 456 g/mol. The number of aromatic nitrogens is 1. The van der Waals surface area contributed by atoms with Gasteiger partial charge in [0.05, 0.1) is 17.8 Å². The van der Waals surface area contributed by atoms with Gasteiger partial charge in [0, 0.05) is 33.4 Å². The average Bonchev–Trinajstić information content (AvgIpc) is 3.34. The Bertz CT molecular complexity index is 1520. The van der Waals surface area contributed by atoms with E-state index < -0.39 is 5.97 Å². The smallest absolute Gasteiger partial charge is 0.307 e. The molecule has 2 aromatic heterocycles. The number of aliphatic carboxylic acids is 1. The van der Waals surface area contributed by atoms with Crippen molar-refractivity contribution in [2.75, 3.05) is 11.2 Å². The Morgan fingerprint density at radius 1 is 1.03 bits per heavy atom. The van der Waals surface area contributed by atoms with Gasteiger partial charge in [-0.3, -0.25) is 10.6 Å². The number of hydrogen-bond donors (Lipinski definition) is 4. The van der Waals surface area contributed by atoms with E-state index in [0.29, 0.717) is 22.9 Å². The molecule has 0 aliphatic rings. The first-order valence-electron chi connectivity index (χ1n) is 10.3. The van der Waals surface area contributed by atoms with Gasteiger partial charge in [0.1, 0.15) is 0 Å². The molecule has 0 saturated carbocycles. The molecule has 33 heavy (non-hydrogen) atoms. The van der Waals surface area contributed by atoms with E-state index in [9.17, 15) is 9.90 Å². The van der Waals surface area contributed by atoms with Gasteiger partial charge in [-0.05, 0) is 69.4 Å². The number of halogens is 1. The molecule has 0 radical (unpaired) electrons. The molecule has 0 atom stereocenters. The monoisotopic (exact) mass is 476 g/mol. The first-order chi connectivity index (χ1) is 15.9. The summed E-state index contributed by atoms with van der Waals surface area (Å²) in [5, 5.41) is 14.3. The molecule has 0 amide bonds. The van der Waals surface area contributed by atoms with Gasteiger partial charge < -0.3 is 20.8 Å². The number of nitrogens with two attached hydrogens (primary N) is 2. The second-order valence-electron chi connectivity index (χ2n) is 7.93. The van der Waals surface area contributed by atoms with Crippen molar-refractivity contribution in [3.8, 4) is 11.1 Å². The highest BCUT2D eigenvalue weighted by Gasteiger charge is 2.15. The van der Waals surface area contributed by atoms with E-state index in [1.807, 2.05) is 54.7 Å². The Labute approximate surface area is 199 Å². The van der Waals surface area contributed by atoms with Crippen molar-refractivity contribution >= 4 is 61.3 Å². The minimum absolute atomic E-state index is 0.0395. The number of hydrogen-bond acceptors (Lipinski definition) is 5. The molecular formula is C25H21ClN4O2S. The van der Waals surface area contributed by atoms with Crippen molar-refractivity contribution in [2.24, 2.45) is 5.84 Å². The van der Waals surface area contributed by atoms with Crippen LogP contribution in [-0.2, 0) is 17.8 Å². The number of fused-ring (bicyclic) bond motifs is 2. The summed E-state index contributed by atoms with van der Waals surface area (Å²) in [6.45, 7) is 0.608. The first-order valence-corrected chi connectivity index (χ1v) is 11.5. The van der Waals surface area contributed by atoms with Gasteiger partial charge in [-0.2, -0.15) is 0 Å². The summed E-state index contributed by atoms with van der Waals surface area (Å²) in [5.41, 5.74) is 14.6. The molecule has 5 aromatic rings. The fraction of sp³-hybridized carbons (Fsp3) is 0.0800. The second-order valence-corrected chi connectivity index (χ2v) is 9.28. The molecule has 6 N–H and O–H groups in total. The van der Waals surface area contributed by atoms with Gasteiger partial charge in [-0.25, -0.2) is 0 Å². The standard InChI is InChI=1S/C25H21ClN4O2S/c26-18-3-6-24-20(10-18)17(13-33-24)12-30-11-16(9-25(31)32)19-4-1-15(8-23(19)30)14-2-5-21(27)22(7-14)29-28/h1-8,10-11,13,29H,9,12,27-28H2,(H,31,32). The molecule has 6 nitrogen and oxygen atoms in total. The zero-order valence-electron chi connectivity index (χ0n) is 17.5. The molecule has 0 unspecified atom stereocenters. The Kier molecular flexibility index (Phi) is 5.46. The third kappa shape index (κ3) is 4.02. The van der Waals surface area contributed by atoms with Crippen molar-refractivity contribution in [1.82, 2.24) is 4.57 Å². The molecule has 0 aliphatic carbocycles. The fourth-order valence-corrected chi connectivity index (χ4v) is 5.31. The third-order valence-electron chi connectivity index (χ3n) is 5.80. The summed E-state index contributed by atoms with van der Waals surface area (Å²) in [4.78, 5) is 11.5. The fourth-order valence-electron chi connectivity index (χ4n) is 4.20. The maximum atomic E-state index is 11.5. The molecule has 0 aliphatic heterocycles. The number of rotatable bonds is 6. The number of hydrazine groups is 1. The lowest BCUT2D eigenvalue weighted by Gasteiger charge is -2.10. The van der Waals surface area contributed by atoms with Crippen LogP contribution in [0.2, 0.25) is 5.02 Å². The number of nitrogens with zero attached hydrogens (tertiary/aromatic N) is 1. The van der Waals surface area contributed by atoms with Gasteiger partial charge in [0.25, 0.3) is 0 Å². The normalized spacial score (nSPS) is 11.3. The van der Waals surface area contributed by atoms with Crippen molar-refractivity contribution in [3.63, 3.8) is 0 Å². The Morgan fingerprint density at radius 3 is 2.61 bits per heavy atom. The molecule has 0 spiro atoms. The molecule has 8 heteroatoms. The van der Waals surface area contributed by atoms with Crippen LogP contribution in [0.25, 0.3) is 32.1 Å². The van der Waals surface area contributed by atoms with Crippen LogP contribution in [0.4, 0.5) is 11.4 Å². The maximum absolute atomic E-state index is 11.5. The Balaban J connectivity index is 1.64. The predicted molar refractivity (Wildman–Crippen MR) is 137 cm³/mol. The Morgan fingerprint density at radius 2 is 1.82 bits per heavy atom. The van der Waals surface area contributed by atoms with E-state index in [2.05, 4.69) is 21.4 Å². The summed E-state index contributed by atoms with van der Waals surface area (Å²) in [7, 11) is 0. The van der Waals surface area contributed by atoms with Gasteiger partial charge in [-0.15, -0.1) is 11.3 Å². The molecule has 0 saturated heterocycles. The zero-order valence-corrected chi connectivity index (χ0v) is 19.1. The maximum Gasteiger partial charge on any atom is 0.307 e. The van der Waals surface area contributed by atoms with Crippen LogP contribution >= 0.6 is 22.9 Å². The van der Waals surface area contributed by atoms with Crippen LogP contribution < -0.4 is 17.0 Å². The quantitative estimate of drug-likeness (QED) is 0.142. The van der Waals surface area contributed by atoms with E-state index in [0.717, 1.165) is 38.5 Å². The minimum atomic E-state index is -0.858. The van der Waals surface area contributed by atoms with Gasteiger partial charge >= 0.3 is 5.97 Å². The molecule has 2 heterocycles. The SMILES string of the molecule is NNc1cc(-c2ccc3c(CC(=O)O)cn(Cc4csc5ccc(Cl)cc45)c3c2)ccc1N. The van der Waals surface area contributed by atoms with E-state index in [1.165, 1.54) is 4.70 Å². The summed E-state index contributed by atoms with van der Waals surface area (Å²) >= 11 is 7.91. The van der Waals surface area contributed by atoms with E-state index >= 15 is 0 Å². The molecule has 166 valence electrons. The minimum Gasteiger partial charge on any atom is -0.481 e. The number of nitrogens with one attached hydrogen (secondary N) is 1. The number of carbonyl (C=O) groups is 1. The molecule has 3 aromatic carbocycles. The predicted octanol–water partition coefficient (Wildman–Crippen LogP) is 5.72.